The lowest BCUT2D eigenvalue weighted by atomic mass is 9.93. The highest BCUT2D eigenvalue weighted by Crippen LogP contribution is 2.36. The van der Waals surface area contributed by atoms with Crippen LogP contribution in [0.5, 0.6) is 0 Å². The summed E-state index contributed by atoms with van der Waals surface area (Å²) in [5.41, 5.74) is 8.39. The molecule has 2 aromatic carbocycles. The zero-order valence-electron chi connectivity index (χ0n) is 18.9. The molecule has 0 radical (unpaired) electrons. The van der Waals surface area contributed by atoms with Crippen molar-refractivity contribution in [2.45, 2.75) is 46.1 Å². The lowest BCUT2D eigenvalue weighted by Crippen LogP contribution is -2.35. The first-order valence-electron chi connectivity index (χ1n) is 11.4. The maximum atomic E-state index is 13.1. The molecule has 0 aliphatic carbocycles. The van der Waals surface area contributed by atoms with Gasteiger partial charge in [-0.3, -0.25) is 9.78 Å². The maximum absolute atomic E-state index is 13.1. The number of aromatic amines is 1. The molecule has 0 atom stereocenters. The molecule has 0 saturated carbocycles. The average molecular weight is 439 g/mol. The number of carbonyl (C=O) groups excluding carboxylic acids is 1. The van der Waals surface area contributed by atoms with Gasteiger partial charge in [-0.1, -0.05) is 62.4 Å². The van der Waals surface area contributed by atoms with Crippen LogP contribution in [0.4, 0.5) is 5.69 Å². The van der Waals surface area contributed by atoms with Crippen molar-refractivity contribution in [3.8, 4) is 22.5 Å². The molecular formula is C26H26N6O. The van der Waals surface area contributed by atoms with Crippen molar-refractivity contribution in [1.29, 1.82) is 0 Å². The molecular weight excluding hydrogens is 412 g/mol. The minimum Gasteiger partial charge on any atom is -0.308 e. The molecule has 0 spiro atoms. The summed E-state index contributed by atoms with van der Waals surface area (Å²) in [6, 6.07) is 18.3. The maximum Gasteiger partial charge on any atom is 0.227 e. The quantitative estimate of drug-likeness (QED) is 0.478. The molecule has 0 fully saturated rings. The van der Waals surface area contributed by atoms with Crippen LogP contribution < -0.4 is 4.90 Å². The van der Waals surface area contributed by atoms with E-state index in [0.29, 0.717) is 18.8 Å². The Morgan fingerprint density at radius 2 is 1.70 bits per heavy atom. The number of aromatic nitrogens is 5. The van der Waals surface area contributed by atoms with Gasteiger partial charge in [0, 0.05) is 23.4 Å². The number of benzene rings is 2. The highest BCUT2D eigenvalue weighted by atomic mass is 16.2. The van der Waals surface area contributed by atoms with E-state index in [-0.39, 0.29) is 5.91 Å². The number of tetrazole rings is 1. The third kappa shape index (κ3) is 3.91. The van der Waals surface area contributed by atoms with E-state index in [1.807, 2.05) is 35.2 Å². The van der Waals surface area contributed by atoms with Crippen LogP contribution in [0, 0.1) is 0 Å². The van der Waals surface area contributed by atoms with E-state index in [2.05, 4.69) is 58.7 Å². The monoisotopic (exact) mass is 438 g/mol. The number of anilines is 1. The third-order valence-corrected chi connectivity index (χ3v) is 6.27. The average Bonchev–Trinajstić information content (AvgIpc) is 3.40. The van der Waals surface area contributed by atoms with E-state index in [1.54, 1.807) is 0 Å². The van der Waals surface area contributed by atoms with Crippen molar-refractivity contribution in [2.75, 3.05) is 4.90 Å². The van der Waals surface area contributed by atoms with Gasteiger partial charge in [-0.05, 0) is 52.8 Å². The number of H-pyrrole nitrogens is 1. The molecule has 33 heavy (non-hydrogen) atoms. The number of carbonyl (C=O) groups is 1. The highest BCUT2D eigenvalue weighted by Gasteiger charge is 2.28. The number of amides is 1. The second kappa shape index (κ2) is 8.94. The number of hydrogen-bond acceptors (Lipinski definition) is 5. The predicted octanol–water partition coefficient (Wildman–Crippen LogP) is 4.53. The van der Waals surface area contributed by atoms with Crippen LogP contribution in [0.3, 0.4) is 0 Å². The predicted molar refractivity (Wildman–Crippen MR) is 128 cm³/mol. The molecule has 4 aromatic rings. The zero-order valence-corrected chi connectivity index (χ0v) is 18.9. The number of nitrogens with one attached hydrogen (secondary N) is 1. The van der Waals surface area contributed by atoms with Crippen molar-refractivity contribution >= 4 is 11.6 Å². The van der Waals surface area contributed by atoms with Crippen LogP contribution in [0.2, 0.25) is 0 Å². The summed E-state index contributed by atoms with van der Waals surface area (Å²) >= 11 is 0. The van der Waals surface area contributed by atoms with E-state index < -0.39 is 0 Å². The van der Waals surface area contributed by atoms with Gasteiger partial charge in [0.15, 0.2) is 0 Å². The summed E-state index contributed by atoms with van der Waals surface area (Å²) in [4.78, 5) is 19.9. The Bertz CT molecular complexity index is 1300. The zero-order chi connectivity index (χ0) is 22.8. The summed E-state index contributed by atoms with van der Waals surface area (Å²) < 4.78 is 0. The molecule has 166 valence electrons. The third-order valence-electron chi connectivity index (χ3n) is 6.27. The van der Waals surface area contributed by atoms with Crippen LogP contribution in [0.15, 0.2) is 54.6 Å². The summed E-state index contributed by atoms with van der Waals surface area (Å²) in [6.07, 6.45) is 2.98. The van der Waals surface area contributed by atoms with Crippen LogP contribution in [-0.2, 0) is 30.6 Å². The molecule has 1 amide bonds. The molecule has 5 rings (SSSR count). The van der Waals surface area contributed by atoms with Gasteiger partial charge in [-0.2, -0.15) is 5.21 Å². The van der Waals surface area contributed by atoms with Crippen LogP contribution in [-0.4, -0.2) is 31.5 Å². The van der Waals surface area contributed by atoms with Crippen molar-refractivity contribution in [2.24, 2.45) is 0 Å². The minimum absolute atomic E-state index is 0.152. The lowest BCUT2D eigenvalue weighted by Gasteiger charge is -2.32. The van der Waals surface area contributed by atoms with E-state index in [1.165, 1.54) is 5.56 Å². The van der Waals surface area contributed by atoms with Gasteiger partial charge in [-0.25, -0.2) is 0 Å². The van der Waals surface area contributed by atoms with Gasteiger partial charge < -0.3 is 4.90 Å². The molecule has 1 aliphatic rings. The number of aryl methyl sites for hydroxylation is 2. The second-order valence-corrected chi connectivity index (χ2v) is 8.18. The first-order valence-corrected chi connectivity index (χ1v) is 11.4. The molecule has 0 saturated heterocycles. The van der Waals surface area contributed by atoms with E-state index in [4.69, 9.17) is 4.98 Å². The lowest BCUT2D eigenvalue weighted by molar-refractivity contribution is -0.119. The van der Waals surface area contributed by atoms with E-state index >= 15 is 0 Å². The summed E-state index contributed by atoms with van der Waals surface area (Å²) in [5.74, 6) is 0.699. The highest BCUT2D eigenvalue weighted by molar-refractivity contribution is 5.97. The molecule has 1 aliphatic heterocycles. The number of pyridine rings is 1. The van der Waals surface area contributed by atoms with Crippen LogP contribution in [0.1, 0.15) is 42.8 Å². The minimum atomic E-state index is 0.152. The summed E-state index contributed by atoms with van der Waals surface area (Å²) in [6.45, 7) is 4.74. The largest absolute Gasteiger partial charge is 0.308 e. The van der Waals surface area contributed by atoms with Gasteiger partial charge in [0.05, 0.1) is 12.2 Å². The number of fused-ring (bicyclic) bond motifs is 1. The summed E-state index contributed by atoms with van der Waals surface area (Å²) in [5, 5.41) is 14.6. The molecule has 3 heterocycles. The molecule has 0 unspecified atom stereocenters. The fraction of sp³-hybridized carbons (Fsp3) is 0.269. The Hall–Kier alpha value is -3.87. The normalized spacial score (nSPS) is 13.3. The summed E-state index contributed by atoms with van der Waals surface area (Å²) in [7, 11) is 0. The number of nitrogens with zero attached hydrogens (tertiary/aromatic N) is 5. The van der Waals surface area contributed by atoms with E-state index in [0.717, 1.165) is 58.6 Å². The topological polar surface area (TPSA) is 87.7 Å². The Balaban J connectivity index is 1.60. The molecule has 1 N–H and O–H groups in total. The SMILES string of the molecule is CCc1cc2c(c(CC)n1)CCC(=O)N2Cc1ccccc1-c1ccccc1-c1nn[nH]n1. The van der Waals surface area contributed by atoms with Gasteiger partial charge >= 0.3 is 0 Å². The number of rotatable bonds is 6. The van der Waals surface area contributed by atoms with Crippen molar-refractivity contribution in [1.82, 2.24) is 25.6 Å². The van der Waals surface area contributed by atoms with Gasteiger partial charge in [-0.15, -0.1) is 10.2 Å². The Labute approximate surface area is 192 Å². The molecule has 7 heteroatoms. The first kappa shape index (κ1) is 21.0. The standard InChI is InChI=1S/C26H26N6O/c1-3-18-15-24-22(23(4-2)27-18)13-14-25(33)32(24)16-17-9-5-6-10-19(17)20-11-7-8-12-21(20)26-28-30-31-29-26/h5-12,15H,3-4,13-14,16H2,1-2H3,(H,28,29,30,31). The molecule has 2 aromatic heterocycles. The second-order valence-electron chi connectivity index (χ2n) is 8.18. The van der Waals surface area contributed by atoms with Gasteiger partial charge in [0.2, 0.25) is 11.7 Å². The van der Waals surface area contributed by atoms with Crippen LogP contribution >= 0.6 is 0 Å². The van der Waals surface area contributed by atoms with Gasteiger partial charge in [0.25, 0.3) is 0 Å². The molecule has 0 bridgehead atoms. The van der Waals surface area contributed by atoms with Crippen molar-refractivity contribution in [3.63, 3.8) is 0 Å². The molecule has 7 nitrogen and oxygen atoms in total. The van der Waals surface area contributed by atoms with Crippen LogP contribution in [0.25, 0.3) is 22.5 Å². The number of hydrogen-bond donors (Lipinski definition) is 1. The van der Waals surface area contributed by atoms with Crippen molar-refractivity contribution < 1.29 is 4.79 Å². The van der Waals surface area contributed by atoms with E-state index in [9.17, 15) is 4.79 Å². The smallest absolute Gasteiger partial charge is 0.227 e. The Morgan fingerprint density at radius 1 is 0.939 bits per heavy atom. The Morgan fingerprint density at radius 3 is 2.42 bits per heavy atom. The first-order chi connectivity index (χ1) is 16.2. The van der Waals surface area contributed by atoms with Gasteiger partial charge in [0.1, 0.15) is 0 Å². The fourth-order valence-electron chi connectivity index (χ4n) is 4.61. The fourth-order valence-corrected chi connectivity index (χ4v) is 4.61. The Kier molecular flexibility index (Phi) is 5.69. The van der Waals surface area contributed by atoms with Crippen molar-refractivity contribution in [3.05, 3.63) is 77.1 Å².